The maximum atomic E-state index is 13.9. The molecule has 0 spiro atoms. The van der Waals surface area contributed by atoms with Crippen LogP contribution in [0.1, 0.15) is 41.0 Å². The number of hydrogen-bond acceptors (Lipinski definition) is 3. The number of hydrogen-bond donors (Lipinski definition) is 1. The third kappa shape index (κ3) is 5.22. The predicted octanol–water partition coefficient (Wildman–Crippen LogP) is 7.17. The smallest absolute Gasteiger partial charge is 0.251 e. The summed E-state index contributed by atoms with van der Waals surface area (Å²) in [5, 5.41) is 1.55. The summed E-state index contributed by atoms with van der Waals surface area (Å²) in [4.78, 5) is 16.2. The molecule has 0 saturated carbocycles. The van der Waals surface area contributed by atoms with Gasteiger partial charge in [-0.05, 0) is 59.7 Å². The second-order valence-corrected chi connectivity index (χ2v) is 10.2. The maximum Gasteiger partial charge on any atom is 0.251 e. The van der Waals surface area contributed by atoms with Crippen LogP contribution < -0.4 is 5.73 Å². The summed E-state index contributed by atoms with van der Waals surface area (Å²) in [7, 11) is 0. The summed E-state index contributed by atoms with van der Waals surface area (Å²) in [5.74, 6) is -1.43. The van der Waals surface area contributed by atoms with E-state index in [9.17, 15) is 13.6 Å². The summed E-state index contributed by atoms with van der Waals surface area (Å²) in [6, 6.07) is 15.9. The lowest BCUT2D eigenvalue weighted by molar-refractivity contribution is 0.0996. The van der Waals surface area contributed by atoms with E-state index < -0.39 is 17.1 Å². The molecule has 0 unspecified atom stereocenters. The third-order valence-electron chi connectivity index (χ3n) is 5.76. The molecule has 0 saturated heterocycles. The zero-order valence-corrected chi connectivity index (χ0v) is 21.2. The van der Waals surface area contributed by atoms with Gasteiger partial charge in [-0.3, -0.25) is 9.36 Å². The van der Waals surface area contributed by atoms with Gasteiger partial charge in [-0.15, -0.1) is 0 Å². The highest BCUT2D eigenvalue weighted by molar-refractivity contribution is 7.98. The minimum absolute atomic E-state index is 0.161. The first-order valence-corrected chi connectivity index (χ1v) is 12.3. The van der Waals surface area contributed by atoms with Crippen LogP contribution in [0.2, 0.25) is 10.0 Å². The summed E-state index contributed by atoms with van der Waals surface area (Å²) in [6.45, 7) is 4.08. The highest BCUT2D eigenvalue weighted by Gasteiger charge is 2.30. The fraction of sp³-hybridized carbons (Fsp3) is 0.154. The average molecular weight is 532 g/mol. The third-order valence-corrected chi connectivity index (χ3v) is 7.52. The highest BCUT2D eigenvalue weighted by atomic mass is 35.5. The Bertz CT molecular complexity index is 1400. The van der Waals surface area contributed by atoms with E-state index in [0.717, 1.165) is 16.9 Å². The summed E-state index contributed by atoms with van der Waals surface area (Å²) in [5.41, 5.74) is 7.80. The maximum absolute atomic E-state index is 13.9. The molecule has 4 aromatic rings. The first-order valence-electron chi connectivity index (χ1n) is 10.6. The fourth-order valence-electron chi connectivity index (χ4n) is 3.75. The van der Waals surface area contributed by atoms with Crippen molar-refractivity contribution < 1.29 is 13.6 Å². The van der Waals surface area contributed by atoms with E-state index in [1.54, 1.807) is 30.5 Å². The van der Waals surface area contributed by atoms with E-state index in [2.05, 4.69) is 4.98 Å². The molecule has 4 nitrogen and oxygen atoms in total. The van der Waals surface area contributed by atoms with Gasteiger partial charge >= 0.3 is 0 Å². The molecule has 0 radical (unpaired) electrons. The van der Waals surface area contributed by atoms with Crippen LogP contribution in [-0.2, 0) is 11.2 Å². The Morgan fingerprint density at radius 3 is 2.40 bits per heavy atom. The largest absolute Gasteiger partial charge is 0.366 e. The lowest BCUT2D eigenvalue weighted by Crippen LogP contribution is -2.23. The van der Waals surface area contributed by atoms with Gasteiger partial charge in [0, 0.05) is 16.9 Å². The zero-order valence-electron chi connectivity index (χ0n) is 18.9. The number of benzene rings is 3. The van der Waals surface area contributed by atoms with Crippen molar-refractivity contribution in [1.29, 1.82) is 0 Å². The Hall–Kier alpha value is -2.87. The van der Waals surface area contributed by atoms with Crippen LogP contribution in [0.4, 0.5) is 8.78 Å². The van der Waals surface area contributed by atoms with Gasteiger partial charge in [0.1, 0.15) is 11.6 Å². The Balaban J connectivity index is 1.76. The van der Waals surface area contributed by atoms with Gasteiger partial charge in [-0.25, -0.2) is 13.8 Å². The number of aromatic nitrogens is 2. The summed E-state index contributed by atoms with van der Waals surface area (Å²) < 4.78 is 29.5. The number of primary amides is 1. The van der Waals surface area contributed by atoms with E-state index in [0.29, 0.717) is 26.5 Å². The first kappa shape index (κ1) is 25.2. The number of carbonyl (C=O) groups excluding carboxylic acids is 1. The number of carbonyl (C=O) groups is 1. The van der Waals surface area contributed by atoms with Gasteiger partial charge in [0.2, 0.25) is 0 Å². The number of thioether (sulfide) groups is 1. The molecule has 1 aromatic heterocycles. The van der Waals surface area contributed by atoms with Gasteiger partial charge < -0.3 is 5.73 Å². The van der Waals surface area contributed by atoms with Crippen LogP contribution in [0.15, 0.2) is 72.0 Å². The molecule has 0 bridgehead atoms. The number of rotatable bonds is 7. The molecular weight excluding hydrogens is 511 g/mol. The van der Waals surface area contributed by atoms with Crippen molar-refractivity contribution in [2.24, 2.45) is 5.73 Å². The topological polar surface area (TPSA) is 60.9 Å². The second kappa shape index (κ2) is 10.0. The molecule has 0 aliphatic rings. The molecule has 3 aromatic carbocycles. The van der Waals surface area contributed by atoms with Gasteiger partial charge in [0.25, 0.3) is 5.91 Å². The molecule has 0 aliphatic heterocycles. The minimum atomic E-state index is -0.826. The number of amides is 1. The van der Waals surface area contributed by atoms with Crippen LogP contribution in [-0.4, -0.2) is 15.5 Å². The molecule has 2 N–H and O–H groups in total. The lowest BCUT2D eigenvalue weighted by Gasteiger charge is -2.28. The molecule has 0 aliphatic carbocycles. The predicted molar refractivity (Wildman–Crippen MR) is 137 cm³/mol. The van der Waals surface area contributed by atoms with Crippen molar-refractivity contribution in [1.82, 2.24) is 9.55 Å². The van der Waals surface area contributed by atoms with Crippen LogP contribution >= 0.6 is 35.0 Å². The molecule has 1 amide bonds. The Kier molecular flexibility index (Phi) is 7.22. The molecule has 4 rings (SSSR count). The number of halogens is 4. The normalized spacial score (nSPS) is 11.6. The van der Waals surface area contributed by atoms with Crippen LogP contribution in [0.3, 0.4) is 0 Å². The highest BCUT2D eigenvalue weighted by Crippen LogP contribution is 2.38. The van der Waals surface area contributed by atoms with Crippen LogP contribution in [0.25, 0.3) is 5.69 Å². The molecule has 0 fully saturated rings. The van der Waals surface area contributed by atoms with Crippen molar-refractivity contribution in [3.63, 3.8) is 0 Å². The second-order valence-electron chi connectivity index (χ2n) is 8.46. The molecule has 9 heteroatoms. The standard InChI is InChI=1S/C26H21Cl2F2N3OS/c1-26(2,16-4-9-20(27)21(28)12-16)23-13-32-25(33(23)18-7-5-17(29)6-8-18)35-14-15-3-10-22(30)19(11-15)24(31)34/h3-13H,14H2,1-2H3,(H2,31,34). The fourth-order valence-corrected chi connectivity index (χ4v) is 4.98. The average Bonchev–Trinajstić information content (AvgIpc) is 3.25. The van der Waals surface area contributed by atoms with Gasteiger partial charge in [0.15, 0.2) is 5.16 Å². The summed E-state index contributed by atoms with van der Waals surface area (Å²) in [6.07, 6.45) is 1.77. The molecule has 1 heterocycles. The Labute approximate surface area is 216 Å². The lowest BCUT2D eigenvalue weighted by atomic mass is 9.81. The van der Waals surface area contributed by atoms with Crippen molar-refractivity contribution in [2.75, 3.05) is 0 Å². The van der Waals surface area contributed by atoms with E-state index in [1.165, 1.54) is 36.0 Å². The molecular formula is C26H21Cl2F2N3OS. The number of imidazole rings is 1. The number of nitrogens with two attached hydrogens (primary N) is 1. The SMILES string of the molecule is CC(C)(c1ccc(Cl)c(Cl)c1)c1cnc(SCc2ccc(F)c(C(N)=O)c2)n1-c1ccc(F)cc1. The van der Waals surface area contributed by atoms with Crippen LogP contribution in [0.5, 0.6) is 0 Å². The van der Waals surface area contributed by atoms with Gasteiger partial charge in [-0.1, -0.05) is 60.9 Å². The molecule has 0 atom stereocenters. The van der Waals surface area contributed by atoms with E-state index in [-0.39, 0.29) is 11.4 Å². The summed E-state index contributed by atoms with van der Waals surface area (Å²) >= 11 is 13.8. The molecule has 180 valence electrons. The first-order chi connectivity index (χ1) is 16.6. The van der Waals surface area contributed by atoms with Crippen LogP contribution in [0, 0.1) is 11.6 Å². The van der Waals surface area contributed by atoms with Crippen molar-refractivity contribution >= 4 is 40.9 Å². The quantitative estimate of drug-likeness (QED) is 0.257. The van der Waals surface area contributed by atoms with Crippen molar-refractivity contribution in [2.45, 2.75) is 30.2 Å². The molecule has 35 heavy (non-hydrogen) atoms. The van der Waals surface area contributed by atoms with E-state index in [4.69, 9.17) is 28.9 Å². The Morgan fingerprint density at radius 2 is 1.74 bits per heavy atom. The zero-order chi connectivity index (χ0) is 25.3. The number of nitrogens with zero attached hydrogens (tertiary/aromatic N) is 2. The Morgan fingerprint density at radius 1 is 1.03 bits per heavy atom. The van der Waals surface area contributed by atoms with Gasteiger partial charge in [0.05, 0.1) is 27.5 Å². The monoisotopic (exact) mass is 531 g/mol. The van der Waals surface area contributed by atoms with Crippen molar-refractivity contribution in [3.05, 3.63) is 111 Å². The van der Waals surface area contributed by atoms with E-state index >= 15 is 0 Å². The van der Waals surface area contributed by atoms with Gasteiger partial charge in [-0.2, -0.15) is 0 Å². The van der Waals surface area contributed by atoms with Crippen molar-refractivity contribution in [3.8, 4) is 5.69 Å². The minimum Gasteiger partial charge on any atom is -0.366 e. The van der Waals surface area contributed by atoms with E-state index in [1.807, 2.05) is 30.5 Å².